The summed E-state index contributed by atoms with van der Waals surface area (Å²) in [6.07, 6.45) is 8.93. The number of allylic oxidation sites excluding steroid dienone is 2. The molecule has 0 atom stereocenters. The van der Waals surface area contributed by atoms with Gasteiger partial charge in [-0.15, -0.1) is 0 Å². The molecule has 0 aliphatic heterocycles. The predicted octanol–water partition coefficient (Wildman–Crippen LogP) is 6.44. The molecule has 26 heavy (non-hydrogen) atoms. The lowest BCUT2D eigenvalue weighted by molar-refractivity contribution is -0.116. The topological polar surface area (TPSA) is 29.1 Å². The predicted molar refractivity (Wildman–Crippen MR) is 113 cm³/mol. The Balaban J connectivity index is 1.84. The maximum absolute atomic E-state index is 11.8. The van der Waals surface area contributed by atoms with Crippen molar-refractivity contribution in [3.63, 3.8) is 0 Å². The summed E-state index contributed by atoms with van der Waals surface area (Å²) in [7, 11) is 0. The molecule has 0 spiro atoms. The van der Waals surface area contributed by atoms with E-state index in [2.05, 4.69) is 5.32 Å². The van der Waals surface area contributed by atoms with Crippen LogP contribution in [0.1, 0.15) is 18.1 Å². The van der Waals surface area contributed by atoms with E-state index in [4.69, 9.17) is 34.8 Å². The lowest BCUT2D eigenvalue weighted by atomic mass is 10.1. The minimum absolute atomic E-state index is 0.166. The van der Waals surface area contributed by atoms with E-state index < -0.39 is 0 Å². The Labute approximate surface area is 168 Å². The third kappa shape index (κ3) is 7.09. The van der Waals surface area contributed by atoms with Gasteiger partial charge in [-0.1, -0.05) is 82.9 Å². The first-order chi connectivity index (χ1) is 12.4. The summed E-state index contributed by atoms with van der Waals surface area (Å²) in [6, 6.07) is 12.8. The molecular weight excluding hydrogens is 389 g/mol. The number of nitrogens with one attached hydrogen (secondary N) is 1. The quantitative estimate of drug-likeness (QED) is 0.434. The average Bonchev–Trinajstić information content (AvgIpc) is 2.61. The molecule has 5 heteroatoms. The summed E-state index contributed by atoms with van der Waals surface area (Å²) in [4.78, 5) is 11.8. The van der Waals surface area contributed by atoms with Crippen LogP contribution in [-0.4, -0.2) is 12.5 Å². The number of benzene rings is 2. The van der Waals surface area contributed by atoms with E-state index in [0.717, 1.165) is 16.7 Å². The van der Waals surface area contributed by atoms with E-state index in [1.165, 1.54) is 6.08 Å². The molecule has 0 aromatic heterocycles. The third-order valence-electron chi connectivity index (χ3n) is 3.42. The van der Waals surface area contributed by atoms with Crippen LogP contribution in [0.4, 0.5) is 0 Å². The monoisotopic (exact) mass is 405 g/mol. The van der Waals surface area contributed by atoms with E-state index >= 15 is 0 Å². The summed E-state index contributed by atoms with van der Waals surface area (Å²) in [5, 5.41) is 4.65. The van der Waals surface area contributed by atoms with E-state index in [1.807, 2.05) is 55.5 Å². The van der Waals surface area contributed by atoms with E-state index in [-0.39, 0.29) is 5.91 Å². The molecule has 2 rings (SSSR count). The van der Waals surface area contributed by atoms with Crippen molar-refractivity contribution >= 4 is 52.9 Å². The van der Waals surface area contributed by atoms with Gasteiger partial charge < -0.3 is 5.32 Å². The van der Waals surface area contributed by atoms with E-state index in [1.54, 1.807) is 18.2 Å². The molecule has 0 aliphatic rings. The van der Waals surface area contributed by atoms with Gasteiger partial charge in [0, 0.05) is 27.7 Å². The zero-order valence-electron chi connectivity index (χ0n) is 14.2. The average molecular weight is 407 g/mol. The standard InChI is InChI=1S/C21H18Cl3NO/c1-15(13-17-7-10-19(23)14-20(17)24)4-11-21(26)25-12-2-3-16-5-8-18(22)9-6-16/h2-11,13-14H,12H2,1H3,(H,25,26)/b3-2+,11-4+,15-13+. The van der Waals surface area contributed by atoms with Crippen molar-refractivity contribution in [2.75, 3.05) is 6.54 Å². The Morgan fingerprint density at radius 1 is 1.00 bits per heavy atom. The lowest BCUT2D eigenvalue weighted by Gasteiger charge is -2.01. The maximum Gasteiger partial charge on any atom is 0.244 e. The smallest absolute Gasteiger partial charge is 0.244 e. The van der Waals surface area contributed by atoms with Gasteiger partial charge in [-0.3, -0.25) is 4.79 Å². The number of hydrogen-bond donors (Lipinski definition) is 1. The summed E-state index contributed by atoms with van der Waals surface area (Å²) < 4.78 is 0. The van der Waals surface area contributed by atoms with E-state index in [9.17, 15) is 4.79 Å². The molecule has 134 valence electrons. The Morgan fingerprint density at radius 2 is 1.69 bits per heavy atom. The van der Waals surface area contributed by atoms with Crippen LogP contribution in [-0.2, 0) is 4.79 Å². The first kappa shape index (κ1) is 20.3. The number of carbonyl (C=O) groups excluding carboxylic acids is 1. The molecule has 2 nitrogen and oxygen atoms in total. The van der Waals surface area contributed by atoms with Crippen molar-refractivity contribution in [2.24, 2.45) is 0 Å². The van der Waals surface area contributed by atoms with Crippen LogP contribution in [0, 0.1) is 0 Å². The fourth-order valence-corrected chi connectivity index (χ4v) is 2.70. The second-order valence-electron chi connectivity index (χ2n) is 5.59. The number of halogens is 3. The number of carbonyl (C=O) groups is 1. The SMILES string of the molecule is CC(/C=C/C(=O)NC/C=C/c1ccc(Cl)cc1)=C\c1ccc(Cl)cc1Cl. The van der Waals surface area contributed by atoms with Gasteiger partial charge >= 0.3 is 0 Å². The number of rotatable bonds is 6. The van der Waals surface area contributed by atoms with Crippen molar-refractivity contribution in [3.8, 4) is 0 Å². The molecule has 0 unspecified atom stereocenters. The molecule has 2 aromatic carbocycles. The van der Waals surface area contributed by atoms with Crippen LogP contribution >= 0.6 is 34.8 Å². The minimum Gasteiger partial charge on any atom is -0.349 e. The Hall–Kier alpha value is -2.00. The first-order valence-electron chi connectivity index (χ1n) is 7.95. The van der Waals surface area contributed by atoms with Gasteiger partial charge in [-0.2, -0.15) is 0 Å². The van der Waals surface area contributed by atoms with Crippen molar-refractivity contribution in [3.05, 3.63) is 92.5 Å². The highest BCUT2D eigenvalue weighted by molar-refractivity contribution is 6.35. The zero-order chi connectivity index (χ0) is 18.9. The summed E-state index contributed by atoms with van der Waals surface area (Å²) in [5.74, 6) is -0.166. The molecule has 0 heterocycles. The van der Waals surface area contributed by atoms with Crippen LogP contribution < -0.4 is 5.32 Å². The van der Waals surface area contributed by atoms with Gasteiger partial charge in [0.1, 0.15) is 0 Å². The molecular formula is C21H18Cl3NO. The summed E-state index contributed by atoms with van der Waals surface area (Å²) in [5.41, 5.74) is 2.78. The van der Waals surface area contributed by atoms with Crippen LogP contribution in [0.15, 0.2) is 66.3 Å². The normalized spacial score (nSPS) is 12.1. The molecule has 0 aliphatic carbocycles. The van der Waals surface area contributed by atoms with Gasteiger partial charge in [0.15, 0.2) is 0 Å². The lowest BCUT2D eigenvalue weighted by Crippen LogP contribution is -2.20. The van der Waals surface area contributed by atoms with Crippen molar-refractivity contribution in [1.82, 2.24) is 5.32 Å². The van der Waals surface area contributed by atoms with E-state index in [0.29, 0.717) is 21.6 Å². The van der Waals surface area contributed by atoms with Crippen molar-refractivity contribution < 1.29 is 4.79 Å². The maximum atomic E-state index is 11.8. The molecule has 0 fully saturated rings. The first-order valence-corrected chi connectivity index (χ1v) is 9.09. The zero-order valence-corrected chi connectivity index (χ0v) is 16.4. The second-order valence-corrected chi connectivity index (χ2v) is 6.87. The number of hydrogen-bond acceptors (Lipinski definition) is 1. The van der Waals surface area contributed by atoms with Gasteiger partial charge in [-0.25, -0.2) is 0 Å². The van der Waals surface area contributed by atoms with Crippen molar-refractivity contribution in [2.45, 2.75) is 6.92 Å². The Bertz CT molecular complexity index is 852. The number of amides is 1. The third-order valence-corrected chi connectivity index (χ3v) is 4.23. The highest BCUT2D eigenvalue weighted by Crippen LogP contribution is 2.23. The molecule has 0 saturated heterocycles. The van der Waals surface area contributed by atoms with Gasteiger partial charge in [0.25, 0.3) is 0 Å². The Morgan fingerprint density at radius 3 is 2.38 bits per heavy atom. The van der Waals surface area contributed by atoms with Crippen molar-refractivity contribution in [1.29, 1.82) is 0 Å². The molecule has 2 aromatic rings. The summed E-state index contributed by atoms with van der Waals surface area (Å²) >= 11 is 17.8. The molecule has 1 N–H and O–H groups in total. The highest BCUT2D eigenvalue weighted by Gasteiger charge is 1.99. The molecule has 0 radical (unpaired) electrons. The fourth-order valence-electron chi connectivity index (χ4n) is 2.11. The van der Waals surface area contributed by atoms with Crippen LogP contribution in [0.25, 0.3) is 12.2 Å². The van der Waals surface area contributed by atoms with Crippen LogP contribution in [0.2, 0.25) is 15.1 Å². The summed E-state index contributed by atoms with van der Waals surface area (Å²) in [6.45, 7) is 2.34. The molecule has 0 saturated carbocycles. The van der Waals surface area contributed by atoms with Crippen LogP contribution in [0.5, 0.6) is 0 Å². The van der Waals surface area contributed by atoms with Gasteiger partial charge in [0.2, 0.25) is 5.91 Å². The molecule has 1 amide bonds. The van der Waals surface area contributed by atoms with Gasteiger partial charge in [0.05, 0.1) is 0 Å². The molecule has 0 bridgehead atoms. The Kier molecular flexibility index (Phi) is 7.99. The van der Waals surface area contributed by atoms with Gasteiger partial charge in [-0.05, 0) is 42.3 Å². The minimum atomic E-state index is -0.166. The second kappa shape index (κ2) is 10.2. The van der Waals surface area contributed by atoms with Crippen LogP contribution in [0.3, 0.4) is 0 Å². The largest absolute Gasteiger partial charge is 0.349 e. The highest BCUT2D eigenvalue weighted by atomic mass is 35.5. The fraction of sp³-hybridized carbons (Fsp3) is 0.0952.